The van der Waals surface area contributed by atoms with Crippen molar-refractivity contribution >= 4 is 5.97 Å². The smallest absolute Gasteiger partial charge is 0.310 e. The number of nitrogens with zero attached hydrogens (tertiary/aromatic N) is 1. The second-order valence-corrected chi connectivity index (χ2v) is 5.36. The Morgan fingerprint density at radius 2 is 2.06 bits per heavy atom. The molecule has 3 rings (SSSR count). The largest absolute Gasteiger partial charge is 0.465 e. The van der Waals surface area contributed by atoms with Gasteiger partial charge in [-0.05, 0) is 24.8 Å². The molecule has 18 heavy (non-hydrogen) atoms. The van der Waals surface area contributed by atoms with Crippen molar-refractivity contribution in [2.45, 2.75) is 19.4 Å². The van der Waals surface area contributed by atoms with Gasteiger partial charge in [-0.15, -0.1) is 0 Å². The van der Waals surface area contributed by atoms with Gasteiger partial charge < -0.3 is 4.74 Å². The van der Waals surface area contributed by atoms with Gasteiger partial charge in [0.1, 0.15) is 0 Å². The number of hydrogen-bond donors (Lipinski definition) is 0. The topological polar surface area (TPSA) is 29.5 Å². The van der Waals surface area contributed by atoms with Crippen LogP contribution in [0, 0.1) is 11.8 Å². The van der Waals surface area contributed by atoms with Crippen LogP contribution >= 0.6 is 0 Å². The van der Waals surface area contributed by atoms with Gasteiger partial charge in [-0.2, -0.15) is 0 Å². The van der Waals surface area contributed by atoms with E-state index in [0.29, 0.717) is 18.6 Å². The molecule has 0 amide bonds. The van der Waals surface area contributed by atoms with Crippen molar-refractivity contribution in [1.29, 1.82) is 0 Å². The molecule has 0 aliphatic carbocycles. The average molecular weight is 245 g/mol. The summed E-state index contributed by atoms with van der Waals surface area (Å²) in [7, 11) is 0. The van der Waals surface area contributed by atoms with Crippen LogP contribution in [0.15, 0.2) is 30.3 Å². The number of fused-ring (bicyclic) bond motifs is 1. The van der Waals surface area contributed by atoms with Crippen molar-refractivity contribution in [2.75, 3.05) is 19.7 Å². The van der Waals surface area contributed by atoms with Crippen LogP contribution in [0.1, 0.15) is 24.9 Å². The number of cyclic esters (lactones) is 1. The first kappa shape index (κ1) is 11.7. The van der Waals surface area contributed by atoms with Crippen molar-refractivity contribution in [1.82, 2.24) is 4.90 Å². The van der Waals surface area contributed by atoms with E-state index in [1.165, 1.54) is 5.56 Å². The molecule has 1 aromatic rings. The van der Waals surface area contributed by atoms with Crippen LogP contribution in [0.5, 0.6) is 0 Å². The highest BCUT2D eigenvalue weighted by atomic mass is 16.5. The minimum absolute atomic E-state index is 0.00834. The molecule has 0 N–H and O–H groups in total. The molecule has 0 radical (unpaired) electrons. The number of carbonyl (C=O) groups excluding carboxylic acids is 1. The van der Waals surface area contributed by atoms with Gasteiger partial charge in [0.05, 0.1) is 12.5 Å². The van der Waals surface area contributed by atoms with Gasteiger partial charge in [0.25, 0.3) is 0 Å². The fraction of sp³-hybridized carbons (Fsp3) is 0.533. The third-order valence-electron chi connectivity index (χ3n) is 4.33. The van der Waals surface area contributed by atoms with Crippen LogP contribution in [-0.4, -0.2) is 30.6 Å². The minimum Gasteiger partial charge on any atom is -0.465 e. The summed E-state index contributed by atoms with van der Waals surface area (Å²) in [5.41, 5.74) is 1.32. The molecule has 0 spiro atoms. The van der Waals surface area contributed by atoms with E-state index >= 15 is 0 Å². The van der Waals surface area contributed by atoms with E-state index in [0.717, 1.165) is 19.5 Å². The molecule has 96 valence electrons. The van der Waals surface area contributed by atoms with Gasteiger partial charge in [0, 0.05) is 19.1 Å². The monoisotopic (exact) mass is 245 g/mol. The van der Waals surface area contributed by atoms with Crippen molar-refractivity contribution in [2.24, 2.45) is 11.8 Å². The standard InChI is InChI=1S/C15H19NO2/c1-11(12-5-3-2-4-6-12)16-9-13-7-8-18-15(17)14(13)10-16/h2-6,11,13-14H,7-10H2,1H3/t11-,13-,14+/m0/s1. The summed E-state index contributed by atoms with van der Waals surface area (Å²) in [5.74, 6) is 0.608. The Labute approximate surface area is 108 Å². The highest BCUT2D eigenvalue weighted by Gasteiger charge is 2.42. The van der Waals surface area contributed by atoms with Gasteiger partial charge in [-0.3, -0.25) is 9.69 Å². The molecule has 2 saturated heterocycles. The third kappa shape index (κ3) is 2.03. The quantitative estimate of drug-likeness (QED) is 0.748. The van der Waals surface area contributed by atoms with Crippen LogP contribution in [0.2, 0.25) is 0 Å². The van der Waals surface area contributed by atoms with Gasteiger partial charge in [0.15, 0.2) is 0 Å². The second kappa shape index (κ2) is 4.73. The van der Waals surface area contributed by atoms with E-state index < -0.39 is 0 Å². The number of ether oxygens (including phenoxy) is 1. The highest BCUT2D eigenvalue weighted by Crippen LogP contribution is 2.35. The van der Waals surface area contributed by atoms with Gasteiger partial charge >= 0.3 is 5.97 Å². The fourth-order valence-corrected chi connectivity index (χ4v) is 3.14. The van der Waals surface area contributed by atoms with Crippen molar-refractivity contribution in [3.05, 3.63) is 35.9 Å². The zero-order valence-corrected chi connectivity index (χ0v) is 10.7. The molecule has 0 aromatic heterocycles. The predicted molar refractivity (Wildman–Crippen MR) is 69.0 cm³/mol. The molecule has 3 atom stereocenters. The van der Waals surface area contributed by atoms with Gasteiger partial charge in [0.2, 0.25) is 0 Å². The molecule has 0 saturated carbocycles. The normalized spacial score (nSPS) is 29.7. The van der Waals surface area contributed by atoms with Crippen LogP contribution in [0.25, 0.3) is 0 Å². The lowest BCUT2D eigenvalue weighted by Crippen LogP contribution is -2.31. The van der Waals surface area contributed by atoms with E-state index in [4.69, 9.17) is 4.74 Å². The zero-order valence-electron chi connectivity index (χ0n) is 10.7. The van der Waals surface area contributed by atoms with Gasteiger partial charge in [-0.25, -0.2) is 0 Å². The molecule has 2 aliphatic rings. The van der Waals surface area contributed by atoms with E-state index in [-0.39, 0.29) is 11.9 Å². The number of likely N-dealkylation sites (tertiary alicyclic amines) is 1. The average Bonchev–Trinajstić information content (AvgIpc) is 2.84. The number of esters is 1. The highest BCUT2D eigenvalue weighted by molar-refractivity contribution is 5.74. The van der Waals surface area contributed by atoms with E-state index in [1.807, 2.05) is 6.07 Å². The van der Waals surface area contributed by atoms with E-state index in [9.17, 15) is 4.79 Å². The van der Waals surface area contributed by atoms with Crippen molar-refractivity contribution < 1.29 is 9.53 Å². The molecule has 2 fully saturated rings. The number of rotatable bonds is 2. The predicted octanol–water partition coefficient (Wildman–Crippen LogP) is 2.24. The molecule has 2 aliphatic heterocycles. The summed E-state index contributed by atoms with van der Waals surface area (Å²) in [6.45, 7) is 4.70. The Hall–Kier alpha value is -1.35. The van der Waals surface area contributed by atoms with Crippen molar-refractivity contribution in [3.8, 4) is 0 Å². The lowest BCUT2D eigenvalue weighted by molar-refractivity contribution is -0.154. The maximum Gasteiger partial charge on any atom is 0.310 e. The number of hydrogen-bond acceptors (Lipinski definition) is 3. The Morgan fingerprint density at radius 3 is 2.78 bits per heavy atom. The Bertz CT molecular complexity index is 431. The summed E-state index contributed by atoms with van der Waals surface area (Å²) in [4.78, 5) is 14.1. The first-order valence-electron chi connectivity index (χ1n) is 6.71. The molecule has 1 aromatic carbocycles. The molecular weight excluding hydrogens is 226 g/mol. The summed E-state index contributed by atoms with van der Waals surface area (Å²) < 4.78 is 5.16. The molecule has 3 heteroatoms. The first-order valence-corrected chi connectivity index (χ1v) is 6.71. The third-order valence-corrected chi connectivity index (χ3v) is 4.33. The first-order chi connectivity index (χ1) is 8.75. The number of carbonyl (C=O) groups is 1. The second-order valence-electron chi connectivity index (χ2n) is 5.36. The summed E-state index contributed by atoms with van der Waals surface area (Å²) in [5, 5.41) is 0. The van der Waals surface area contributed by atoms with Gasteiger partial charge in [-0.1, -0.05) is 30.3 Å². The maximum absolute atomic E-state index is 11.7. The van der Waals surface area contributed by atoms with Crippen LogP contribution < -0.4 is 0 Å². The van der Waals surface area contributed by atoms with E-state index in [1.54, 1.807) is 0 Å². The van der Waals surface area contributed by atoms with Crippen LogP contribution in [0.4, 0.5) is 0 Å². The number of benzene rings is 1. The van der Waals surface area contributed by atoms with Crippen LogP contribution in [-0.2, 0) is 9.53 Å². The fourth-order valence-electron chi connectivity index (χ4n) is 3.14. The Balaban J connectivity index is 1.73. The molecule has 0 unspecified atom stereocenters. The summed E-state index contributed by atoms with van der Waals surface area (Å²) in [6.07, 6.45) is 1.02. The maximum atomic E-state index is 11.7. The Morgan fingerprint density at radius 1 is 1.28 bits per heavy atom. The summed E-state index contributed by atoms with van der Waals surface area (Å²) in [6, 6.07) is 10.9. The molecular formula is C15H19NO2. The zero-order chi connectivity index (χ0) is 12.5. The van der Waals surface area contributed by atoms with Crippen molar-refractivity contribution in [3.63, 3.8) is 0 Å². The van der Waals surface area contributed by atoms with E-state index in [2.05, 4.69) is 36.1 Å². The molecule has 2 heterocycles. The lowest BCUT2D eigenvalue weighted by atomic mass is 9.91. The molecule has 0 bridgehead atoms. The summed E-state index contributed by atoms with van der Waals surface area (Å²) >= 11 is 0. The molecule has 3 nitrogen and oxygen atoms in total. The minimum atomic E-state index is 0.00834. The lowest BCUT2D eigenvalue weighted by Gasteiger charge is -2.24. The SMILES string of the molecule is C[C@@H](c1ccccc1)N1C[C@@H]2CCOC(=O)[C@@H]2C1. The van der Waals surface area contributed by atoms with Crippen LogP contribution in [0.3, 0.4) is 0 Å². The Kier molecular flexibility index (Phi) is 3.08.